The first kappa shape index (κ1) is 12.8. The van der Waals surface area contributed by atoms with Crippen LogP contribution in [0.4, 0.5) is 0 Å². The SMILES string of the molecule is CSC1(Cn2cnnc2SCC(=O)O)CCC1. The Morgan fingerprint density at radius 2 is 2.41 bits per heavy atom. The average Bonchev–Trinajstić information content (AvgIpc) is 2.67. The van der Waals surface area contributed by atoms with Crippen LogP contribution in [0.2, 0.25) is 0 Å². The van der Waals surface area contributed by atoms with Crippen LogP contribution in [-0.4, -0.2) is 42.6 Å². The zero-order valence-electron chi connectivity index (χ0n) is 9.63. The van der Waals surface area contributed by atoms with Crippen molar-refractivity contribution in [2.45, 2.75) is 35.7 Å². The number of carboxylic acids is 1. The second-order valence-electron chi connectivity index (χ2n) is 4.16. The lowest BCUT2D eigenvalue weighted by Crippen LogP contribution is -2.37. The Morgan fingerprint density at radius 3 is 2.94 bits per heavy atom. The lowest BCUT2D eigenvalue weighted by molar-refractivity contribution is -0.133. The number of thioether (sulfide) groups is 2. The van der Waals surface area contributed by atoms with Crippen LogP contribution in [0.25, 0.3) is 0 Å². The largest absolute Gasteiger partial charge is 0.481 e. The fourth-order valence-corrected chi connectivity index (χ4v) is 3.50. The molecule has 0 saturated heterocycles. The van der Waals surface area contributed by atoms with Crippen LogP contribution in [-0.2, 0) is 11.3 Å². The summed E-state index contributed by atoms with van der Waals surface area (Å²) in [5.74, 6) is -0.793. The van der Waals surface area contributed by atoms with Gasteiger partial charge in [0.15, 0.2) is 5.16 Å². The molecule has 94 valence electrons. The number of hydrogen-bond acceptors (Lipinski definition) is 5. The first-order valence-corrected chi connectivity index (χ1v) is 7.64. The van der Waals surface area contributed by atoms with Crippen molar-refractivity contribution in [1.29, 1.82) is 0 Å². The van der Waals surface area contributed by atoms with E-state index in [0.717, 1.165) is 6.54 Å². The summed E-state index contributed by atoms with van der Waals surface area (Å²) in [7, 11) is 0. The number of carbonyl (C=O) groups is 1. The fourth-order valence-electron chi connectivity index (χ4n) is 1.90. The van der Waals surface area contributed by atoms with Crippen molar-refractivity contribution in [2.24, 2.45) is 0 Å². The molecule has 1 heterocycles. The number of nitrogens with zero attached hydrogens (tertiary/aromatic N) is 3. The standard InChI is InChI=1S/C10H15N3O2S2/c1-16-10(3-2-4-10)6-13-7-11-12-9(13)17-5-8(14)15/h7H,2-6H2,1H3,(H,14,15). The molecule has 17 heavy (non-hydrogen) atoms. The van der Waals surface area contributed by atoms with E-state index in [9.17, 15) is 4.79 Å². The summed E-state index contributed by atoms with van der Waals surface area (Å²) in [6.07, 6.45) is 7.54. The van der Waals surface area contributed by atoms with Gasteiger partial charge in [0.25, 0.3) is 0 Å². The number of aromatic nitrogens is 3. The van der Waals surface area contributed by atoms with E-state index in [0.29, 0.717) is 9.90 Å². The van der Waals surface area contributed by atoms with Crippen molar-refractivity contribution in [3.05, 3.63) is 6.33 Å². The highest BCUT2D eigenvalue weighted by Gasteiger charge is 2.37. The Bertz CT molecular complexity index is 399. The second-order valence-corrected chi connectivity index (χ2v) is 6.38. The van der Waals surface area contributed by atoms with Gasteiger partial charge in [-0.25, -0.2) is 0 Å². The van der Waals surface area contributed by atoms with E-state index in [-0.39, 0.29) is 5.75 Å². The molecule has 0 amide bonds. The molecular formula is C10H15N3O2S2. The van der Waals surface area contributed by atoms with E-state index < -0.39 is 5.97 Å². The molecule has 1 aromatic rings. The van der Waals surface area contributed by atoms with E-state index >= 15 is 0 Å². The molecule has 0 aromatic carbocycles. The van der Waals surface area contributed by atoms with Gasteiger partial charge >= 0.3 is 5.97 Å². The maximum absolute atomic E-state index is 10.5. The highest BCUT2D eigenvalue weighted by molar-refractivity contribution is 8.00. The van der Waals surface area contributed by atoms with Crippen molar-refractivity contribution in [3.63, 3.8) is 0 Å². The van der Waals surface area contributed by atoms with Crippen molar-refractivity contribution in [2.75, 3.05) is 12.0 Å². The van der Waals surface area contributed by atoms with Gasteiger partial charge in [0.1, 0.15) is 6.33 Å². The first-order chi connectivity index (χ1) is 8.15. The number of aliphatic carboxylic acids is 1. The van der Waals surface area contributed by atoms with Crippen molar-refractivity contribution in [3.8, 4) is 0 Å². The van der Waals surface area contributed by atoms with Crippen LogP contribution in [0.15, 0.2) is 11.5 Å². The van der Waals surface area contributed by atoms with Crippen LogP contribution in [0.5, 0.6) is 0 Å². The number of carboxylic acid groups (broad SMARTS) is 1. The van der Waals surface area contributed by atoms with Gasteiger partial charge in [-0.3, -0.25) is 4.79 Å². The van der Waals surface area contributed by atoms with Gasteiger partial charge in [-0.2, -0.15) is 11.8 Å². The molecule has 5 nitrogen and oxygen atoms in total. The third-order valence-electron chi connectivity index (χ3n) is 3.06. The van der Waals surface area contributed by atoms with Crippen LogP contribution < -0.4 is 0 Å². The molecule has 0 spiro atoms. The van der Waals surface area contributed by atoms with Crippen LogP contribution >= 0.6 is 23.5 Å². The zero-order chi connectivity index (χ0) is 12.3. The smallest absolute Gasteiger partial charge is 0.313 e. The highest BCUT2D eigenvalue weighted by Crippen LogP contribution is 2.44. The van der Waals surface area contributed by atoms with Gasteiger partial charge in [0, 0.05) is 11.3 Å². The summed E-state index contributed by atoms with van der Waals surface area (Å²) in [4.78, 5) is 10.5. The third kappa shape index (κ3) is 2.95. The van der Waals surface area contributed by atoms with Crippen LogP contribution in [0.3, 0.4) is 0 Å². The summed E-state index contributed by atoms with van der Waals surface area (Å²) in [5, 5.41) is 17.2. The summed E-state index contributed by atoms with van der Waals surface area (Å²) in [5.41, 5.74) is 0. The van der Waals surface area contributed by atoms with Gasteiger partial charge < -0.3 is 9.67 Å². The molecule has 1 N–H and O–H groups in total. The minimum atomic E-state index is -0.826. The molecule has 0 unspecified atom stereocenters. The van der Waals surface area contributed by atoms with E-state index in [1.807, 2.05) is 16.3 Å². The predicted molar refractivity (Wildman–Crippen MR) is 68.5 cm³/mol. The lowest BCUT2D eigenvalue weighted by atomic mass is 9.84. The number of hydrogen-bond donors (Lipinski definition) is 1. The molecule has 7 heteroatoms. The fraction of sp³-hybridized carbons (Fsp3) is 0.700. The summed E-state index contributed by atoms with van der Waals surface area (Å²) in [6, 6.07) is 0. The minimum Gasteiger partial charge on any atom is -0.481 e. The first-order valence-electron chi connectivity index (χ1n) is 5.43. The molecule has 2 rings (SSSR count). The Kier molecular flexibility index (Phi) is 3.98. The maximum atomic E-state index is 10.5. The van der Waals surface area contributed by atoms with Crippen LogP contribution in [0, 0.1) is 0 Å². The summed E-state index contributed by atoms with van der Waals surface area (Å²) in [6.45, 7) is 0.878. The Balaban J connectivity index is 2.00. The molecule has 1 aliphatic carbocycles. The van der Waals surface area contributed by atoms with E-state index in [1.165, 1.54) is 31.0 Å². The van der Waals surface area contributed by atoms with E-state index in [1.54, 1.807) is 6.33 Å². The van der Waals surface area contributed by atoms with Crippen molar-refractivity contribution >= 4 is 29.5 Å². The van der Waals surface area contributed by atoms with Gasteiger partial charge in [-0.05, 0) is 19.1 Å². The van der Waals surface area contributed by atoms with Gasteiger partial charge in [-0.15, -0.1) is 10.2 Å². The number of rotatable bonds is 6. The Labute approximate surface area is 108 Å². The summed E-state index contributed by atoms with van der Waals surface area (Å²) >= 11 is 3.12. The van der Waals surface area contributed by atoms with Gasteiger partial charge in [0.2, 0.25) is 0 Å². The quantitative estimate of drug-likeness (QED) is 0.796. The van der Waals surface area contributed by atoms with Gasteiger partial charge in [0.05, 0.1) is 5.75 Å². The highest BCUT2D eigenvalue weighted by atomic mass is 32.2. The zero-order valence-corrected chi connectivity index (χ0v) is 11.3. The third-order valence-corrected chi connectivity index (χ3v) is 5.43. The molecule has 1 saturated carbocycles. The maximum Gasteiger partial charge on any atom is 0.313 e. The van der Waals surface area contributed by atoms with Crippen LogP contribution in [0.1, 0.15) is 19.3 Å². The van der Waals surface area contributed by atoms with E-state index in [4.69, 9.17) is 5.11 Å². The molecular weight excluding hydrogens is 258 g/mol. The molecule has 0 radical (unpaired) electrons. The topological polar surface area (TPSA) is 68.0 Å². The normalized spacial score (nSPS) is 17.7. The Hall–Kier alpha value is -0.690. The minimum absolute atomic E-state index is 0.0327. The summed E-state index contributed by atoms with van der Waals surface area (Å²) < 4.78 is 2.28. The molecule has 0 aliphatic heterocycles. The average molecular weight is 273 g/mol. The van der Waals surface area contributed by atoms with Gasteiger partial charge in [-0.1, -0.05) is 18.2 Å². The molecule has 1 aliphatic rings. The molecule has 1 aromatic heterocycles. The molecule has 1 fully saturated rings. The predicted octanol–water partition coefficient (Wildman–Crippen LogP) is 1.74. The second kappa shape index (κ2) is 5.30. The Morgan fingerprint density at radius 1 is 1.65 bits per heavy atom. The molecule has 0 bridgehead atoms. The lowest BCUT2D eigenvalue weighted by Gasteiger charge is -2.40. The monoisotopic (exact) mass is 273 g/mol. The van der Waals surface area contributed by atoms with Crippen molar-refractivity contribution < 1.29 is 9.90 Å². The molecule has 0 atom stereocenters. The van der Waals surface area contributed by atoms with E-state index in [2.05, 4.69) is 16.5 Å². The van der Waals surface area contributed by atoms with Crippen molar-refractivity contribution in [1.82, 2.24) is 14.8 Å².